The van der Waals surface area contributed by atoms with Gasteiger partial charge < -0.3 is 4.74 Å². The molecule has 1 saturated carbocycles. The monoisotopic (exact) mass is 289 g/mol. The van der Waals surface area contributed by atoms with E-state index in [1.807, 2.05) is 19.1 Å². The quantitative estimate of drug-likeness (QED) is 0.857. The zero-order valence-electron chi connectivity index (χ0n) is 11.3. The summed E-state index contributed by atoms with van der Waals surface area (Å²) in [6.07, 6.45) is 3.75. The van der Waals surface area contributed by atoms with Crippen molar-refractivity contribution in [3.63, 3.8) is 0 Å². The molecular formula is C15H16ClN3O. The van der Waals surface area contributed by atoms with Gasteiger partial charge in [-0.05, 0) is 42.8 Å². The number of hydrogen-bond donors (Lipinski definition) is 0. The van der Waals surface area contributed by atoms with Crippen molar-refractivity contribution in [1.82, 2.24) is 15.0 Å². The molecule has 0 amide bonds. The molecule has 3 rings (SSSR count). The van der Waals surface area contributed by atoms with Crippen LogP contribution in [-0.2, 0) is 0 Å². The highest BCUT2D eigenvalue weighted by molar-refractivity contribution is 6.28. The van der Waals surface area contributed by atoms with Crippen molar-refractivity contribution in [2.75, 3.05) is 6.61 Å². The summed E-state index contributed by atoms with van der Waals surface area (Å²) in [4.78, 5) is 12.6. The first-order valence-corrected chi connectivity index (χ1v) is 7.29. The van der Waals surface area contributed by atoms with E-state index in [0.717, 1.165) is 5.56 Å². The first-order chi connectivity index (χ1) is 9.78. The lowest BCUT2D eigenvalue weighted by Gasteiger charge is -2.27. The van der Waals surface area contributed by atoms with Crippen LogP contribution >= 0.6 is 11.6 Å². The van der Waals surface area contributed by atoms with Crippen LogP contribution in [0.25, 0.3) is 11.4 Å². The summed E-state index contributed by atoms with van der Waals surface area (Å²) >= 11 is 5.97. The zero-order chi connectivity index (χ0) is 13.9. The molecule has 0 saturated heterocycles. The minimum Gasteiger partial charge on any atom is -0.464 e. The van der Waals surface area contributed by atoms with Crippen LogP contribution in [0.4, 0.5) is 0 Å². The van der Waals surface area contributed by atoms with Crippen LogP contribution in [-0.4, -0.2) is 21.6 Å². The van der Waals surface area contributed by atoms with Gasteiger partial charge in [0.25, 0.3) is 0 Å². The molecule has 0 unspecified atom stereocenters. The average Bonchev–Trinajstić information content (AvgIpc) is 2.37. The molecule has 0 radical (unpaired) electrons. The van der Waals surface area contributed by atoms with Gasteiger partial charge in [0.1, 0.15) is 0 Å². The van der Waals surface area contributed by atoms with Gasteiger partial charge in [-0.25, -0.2) is 0 Å². The topological polar surface area (TPSA) is 47.9 Å². The maximum absolute atomic E-state index is 5.97. The molecule has 0 aliphatic heterocycles. The Labute approximate surface area is 123 Å². The summed E-state index contributed by atoms with van der Waals surface area (Å²) < 4.78 is 5.34. The summed E-state index contributed by atoms with van der Waals surface area (Å²) in [5, 5.41) is 0.168. The number of benzene rings is 1. The van der Waals surface area contributed by atoms with Crippen molar-refractivity contribution in [1.29, 1.82) is 0 Å². The van der Waals surface area contributed by atoms with E-state index < -0.39 is 0 Å². The third-order valence-corrected chi connectivity index (χ3v) is 3.78. The first-order valence-electron chi connectivity index (χ1n) is 6.91. The van der Waals surface area contributed by atoms with Crippen molar-refractivity contribution in [3.05, 3.63) is 35.1 Å². The number of ether oxygens (including phenoxy) is 1. The second-order valence-corrected chi connectivity index (χ2v) is 5.20. The van der Waals surface area contributed by atoms with Gasteiger partial charge in [-0.2, -0.15) is 15.0 Å². The predicted octanol–water partition coefficient (Wildman–Crippen LogP) is 3.86. The molecule has 1 aromatic carbocycles. The minimum absolute atomic E-state index is 0.168. The van der Waals surface area contributed by atoms with Gasteiger partial charge in [0.05, 0.1) is 6.61 Å². The molecule has 20 heavy (non-hydrogen) atoms. The van der Waals surface area contributed by atoms with E-state index in [1.54, 1.807) is 0 Å². The molecule has 0 bridgehead atoms. The van der Waals surface area contributed by atoms with E-state index in [1.165, 1.54) is 24.8 Å². The number of nitrogens with zero attached hydrogens (tertiary/aromatic N) is 3. The van der Waals surface area contributed by atoms with E-state index in [-0.39, 0.29) is 11.3 Å². The highest BCUT2D eigenvalue weighted by Gasteiger charge is 2.23. The Morgan fingerprint density at radius 1 is 1.20 bits per heavy atom. The lowest BCUT2D eigenvalue weighted by Crippen LogP contribution is -2.11. The van der Waals surface area contributed by atoms with Gasteiger partial charge in [0.15, 0.2) is 5.82 Å². The molecule has 0 N–H and O–H groups in total. The number of halogens is 1. The van der Waals surface area contributed by atoms with Gasteiger partial charge in [0, 0.05) is 5.56 Å². The number of aromatic nitrogens is 3. The maximum Gasteiger partial charge on any atom is 0.321 e. The predicted molar refractivity (Wildman–Crippen MR) is 78.0 cm³/mol. The fourth-order valence-electron chi connectivity index (χ4n) is 2.42. The van der Waals surface area contributed by atoms with E-state index in [0.29, 0.717) is 18.3 Å². The molecule has 2 aromatic rings. The molecule has 104 valence electrons. The smallest absolute Gasteiger partial charge is 0.321 e. The molecule has 4 nitrogen and oxygen atoms in total. The molecule has 1 fully saturated rings. The average molecular weight is 290 g/mol. The van der Waals surface area contributed by atoms with Gasteiger partial charge in [-0.3, -0.25) is 0 Å². The number of hydrogen-bond acceptors (Lipinski definition) is 4. The second-order valence-electron chi connectivity index (χ2n) is 4.86. The molecule has 1 aromatic heterocycles. The Balaban J connectivity index is 2.04. The van der Waals surface area contributed by atoms with Gasteiger partial charge in [-0.15, -0.1) is 0 Å². The number of rotatable bonds is 4. The van der Waals surface area contributed by atoms with Crippen LogP contribution in [0.5, 0.6) is 6.01 Å². The molecule has 5 heteroatoms. The van der Waals surface area contributed by atoms with E-state index in [9.17, 15) is 0 Å². The van der Waals surface area contributed by atoms with Gasteiger partial charge in [0.2, 0.25) is 5.28 Å². The lowest BCUT2D eigenvalue weighted by molar-refractivity contribution is 0.312. The molecule has 1 aliphatic carbocycles. The van der Waals surface area contributed by atoms with Crippen molar-refractivity contribution >= 4 is 11.6 Å². The summed E-state index contributed by atoms with van der Waals surface area (Å²) in [7, 11) is 0. The van der Waals surface area contributed by atoms with Crippen LogP contribution < -0.4 is 4.74 Å². The fourth-order valence-corrected chi connectivity index (χ4v) is 2.57. The first kappa shape index (κ1) is 13.3. The molecule has 0 atom stereocenters. The molecule has 1 heterocycles. The standard InChI is InChI=1S/C15H16ClN3O/c1-2-20-15-18-13(17-14(16)19-15)12-9-4-3-8-11(12)10-6-5-7-10/h3-4,8-10H,2,5-7H2,1H3. The highest BCUT2D eigenvalue weighted by Crippen LogP contribution is 2.40. The van der Waals surface area contributed by atoms with E-state index >= 15 is 0 Å². The summed E-state index contributed by atoms with van der Waals surface area (Å²) in [5.74, 6) is 1.20. The Bertz CT molecular complexity index is 614. The van der Waals surface area contributed by atoms with Crippen LogP contribution in [0.2, 0.25) is 5.28 Å². The van der Waals surface area contributed by atoms with Crippen molar-refractivity contribution in [3.8, 4) is 17.4 Å². The lowest BCUT2D eigenvalue weighted by atomic mass is 9.78. The van der Waals surface area contributed by atoms with Gasteiger partial charge >= 0.3 is 6.01 Å². The van der Waals surface area contributed by atoms with Crippen molar-refractivity contribution in [2.24, 2.45) is 0 Å². The highest BCUT2D eigenvalue weighted by atomic mass is 35.5. The third kappa shape index (κ3) is 2.61. The summed E-state index contributed by atoms with van der Waals surface area (Å²) in [5.41, 5.74) is 2.32. The Hall–Kier alpha value is -1.68. The normalized spacial score (nSPS) is 14.9. The molecule has 1 aliphatic rings. The molecular weight excluding hydrogens is 274 g/mol. The van der Waals surface area contributed by atoms with Crippen LogP contribution in [0.3, 0.4) is 0 Å². The van der Waals surface area contributed by atoms with E-state index in [4.69, 9.17) is 16.3 Å². The summed E-state index contributed by atoms with van der Waals surface area (Å²) in [6.45, 7) is 2.39. The van der Waals surface area contributed by atoms with Crippen molar-refractivity contribution in [2.45, 2.75) is 32.1 Å². The molecule has 0 spiro atoms. The van der Waals surface area contributed by atoms with Crippen molar-refractivity contribution < 1.29 is 4.74 Å². The van der Waals surface area contributed by atoms with Gasteiger partial charge in [-0.1, -0.05) is 30.7 Å². The third-order valence-electron chi connectivity index (χ3n) is 3.61. The van der Waals surface area contributed by atoms with E-state index in [2.05, 4.69) is 27.1 Å². The Morgan fingerprint density at radius 2 is 2.00 bits per heavy atom. The zero-order valence-corrected chi connectivity index (χ0v) is 12.1. The van der Waals surface area contributed by atoms with Crippen LogP contribution in [0.15, 0.2) is 24.3 Å². The largest absolute Gasteiger partial charge is 0.464 e. The SMILES string of the molecule is CCOc1nc(Cl)nc(-c2ccccc2C2CCC2)n1. The minimum atomic E-state index is 0.168. The second kappa shape index (κ2) is 5.75. The fraction of sp³-hybridized carbons (Fsp3) is 0.400. The van der Waals surface area contributed by atoms with Crippen LogP contribution in [0, 0.1) is 0 Å². The summed E-state index contributed by atoms with van der Waals surface area (Å²) in [6, 6.07) is 8.52. The Morgan fingerprint density at radius 3 is 2.70 bits per heavy atom. The Kier molecular flexibility index (Phi) is 3.83. The maximum atomic E-state index is 5.97. The van der Waals surface area contributed by atoms with Crippen LogP contribution in [0.1, 0.15) is 37.7 Å².